The number of rotatable bonds is 5. The van der Waals surface area contributed by atoms with E-state index in [1.165, 1.54) is 16.7 Å². The molecule has 2 aliphatic carbocycles. The van der Waals surface area contributed by atoms with Crippen LogP contribution in [0.3, 0.4) is 0 Å². The molecule has 0 saturated heterocycles. The van der Waals surface area contributed by atoms with Crippen molar-refractivity contribution in [2.75, 3.05) is 0 Å². The molecular weight excluding hydrogens is 240 g/mol. The fourth-order valence-electron chi connectivity index (χ4n) is 3.22. The summed E-state index contributed by atoms with van der Waals surface area (Å²) in [5.41, 5.74) is 4.36. The van der Waals surface area contributed by atoms with Crippen molar-refractivity contribution in [3.63, 3.8) is 0 Å². The maximum Gasteiger partial charge on any atom is 0.0155 e. The summed E-state index contributed by atoms with van der Waals surface area (Å²) in [6.45, 7) is 4.11. The van der Waals surface area contributed by atoms with Gasteiger partial charge in [-0.1, -0.05) is 84.0 Å². The van der Waals surface area contributed by atoms with Crippen LogP contribution in [0.15, 0.2) is 90.6 Å². The third-order valence-corrected chi connectivity index (χ3v) is 4.20. The van der Waals surface area contributed by atoms with Crippen LogP contribution in [0.5, 0.6) is 0 Å². The van der Waals surface area contributed by atoms with Gasteiger partial charge in [0.05, 0.1) is 0 Å². The molecule has 0 N–H and O–H groups in total. The van der Waals surface area contributed by atoms with Crippen LogP contribution in [0.25, 0.3) is 0 Å². The summed E-state index contributed by atoms with van der Waals surface area (Å²) < 4.78 is 0. The standard InChI is InChI=1S/C20H20/c1-2-19(16-10-6-7-11-16)20(18-14-8-9-15-18)17-12-4-3-5-13-17/h2-10,12-14,19-20H,1,11,15H2. The second kappa shape index (κ2) is 5.92. The van der Waals surface area contributed by atoms with Crippen LogP contribution >= 0.6 is 0 Å². The van der Waals surface area contributed by atoms with E-state index in [-0.39, 0.29) is 0 Å². The molecule has 0 aromatic heterocycles. The molecule has 0 spiro atoms. The van der Waals surface area contributed by atoms with Gasteiger partial charge in [-0.3, -0.25) is 0 Å². The van der Waals surface area contributed by atoms with Gasteiger partial charge in [0.2, 0.25) is 0 Å². The Morgan fingerprint density at radius 1 is 0.900 bits per heavy atom. The van der Waals surface area contributed by atoms with Crippen LogP contribution in [-0.2, 0) is 0 Å². The lowest BCUT2D eigenvalue weighted by Gasteiger charge is -2.28. The molecule has 0 saturated carbocycles. The van der Waals surface area contributed by atoms with E-state index < -0.39 is 0 Å². The quantitative estimate of drug-likeness (QED) is 0.626. The summed E-state index contributed by atoms with van der Waals surface area (Å²) in [4.78, 5) is 0. The second-order valence-corrected chi connectivity index (χ2v) is 5.40. The highest BCUT2D eigenvalue weighted by molar-refractivity contribution is 5.41. The highest BCUT2D eigenvalue weighted by Crippen LogP contribution is 2.41. The van der Waals surface area contributed by atoms with Crippen LogP contribution in [-0.4, -0.2) is 0 Å². The first-order valence-electron chi connectivity index (χ1n) is 7.29. The highest BCUT2D eigenvalue weighted by Gasteiger charge is 2.27. The summed E-state index contributed by atoms with van der Waals surface area (Å²) in [6, 6.07) is 10.8. The van der Waals surface area contributed by atoms with Crippen LogP contribution in [0.4, 0.5) is 0 Å². The van der Waals surface area contributed by atoms with Crippen molar-refractivity contribution in [1.29, 1.82) is 0 Å². The van der Waals surface area contributed by atoms with E-state index in [9.17, 15) is 0 Å². The molecule has 2 atom stereocenters. The van der Waals surface area contributed by atoms with Crippen LogP contribution in [0, 0.1) is 5.92 Å². The van der Waals surface area contributed by atoms with Crippen molar-refractivity contribution in [3.05, 3.63) is 96.2 Å². The molecule has 0 aliphatic heterocycles. The third kappa shape index (κ3) is 2.46. The van der Waals surface area contributed by atoms with Gasteiger partial charge < -0.3 is 0 Å². The molecule has 20 heavy (non-hydrogen) atoms. The van der Waals surface area contributed by atoms with Crippen molar-refractivity contribution in [3.8, 4) is 0 Å². The van der Waals surface area contributed by atoms with Crippen molar-refractivity contribution in [2.45, 2.75) is 18.8 Å². The van der Waals surface area contributed by atoms with E-state index in [0.717, 1.165) is 12.8 Å². The number of allylic oxidation sites excluding steroid dienone is 9. The Morgan fingerprint density at radius 3 is 2.10 bits per heavy atom. The first-order chi connectivity index (χ1) is 9.90. The van der Waals surface area contributed by atoms with Crippen LogP contribution in [0.1, 0.15) is 24.3 Å². The van der Waals surface area contributed by atoms with Gasteiger partial charge in [-0.2, -0.15) is 0 Å². The van der Waals surface area contributed by atoms with Crippen molar-refractivity contribution < 1.29 is 0 Å². The monoisotopic (exact) mass is 260 g/mol. The smallest absolute Gasteiger partial charge is 0.0155 e. The summed E-state index contributed by atoms with van der Waals surface area (Å²) in [6.07, 6.45) is 17.6. The Labute approximate surface area is 121 Å². The van der Waals surface area contributed by atoms with E-state index in [4.69, 9.17) is 0 Å². The Hall–Kier alpha value is -2.08. The first-order valence-corrected chi connectivity index (χ1v) is 7.29. The Morgan fingerprint density at radius 2 is 1.55 bits per heavy atom. The molecule has 2 unspecified atom stereocenters. The molecular formula is C20H20. The van der Waals surface area contributed by atoms with E-state index in [0.29, 0.717) is 11.8 Å². The minimum atomic E-state index is 0.388. The molecule has 1 aromatic carbocycles. The van der Waals surface area contributed by atoms with Gasteiger partial charge in [-0.05, 0) is 18.4 Å². The average molecular weight is 260 g/mol. The third-order valence-electron chi connectivity index (χ3n) is 4.20. The zero-order valence-corrected chi connectivity index (χ0v) is 11.7. The van der Waals surface area contributed by atoms with Crippen LogP contribution in [0.2, 0.25) is 0 Å². The van der Waals surface area contributed by atoms with Crippen molar-refractivity contribution in [2.24, 2.45) is 5.92 Å². The molecule has 0 radical (unpaired) electrons. The normalized spacial score (nSPS) is 19.6. The lowest BCUT2D eigenvalue weighted by Crippen LogP contribution is -2.15. The number of hydrogen-bond donors (Lipinski definition) is 0. The van der Waals surface area contributed by atoms with E-state index in [2.05, 4.69) is 79.4 Å². The Kier molecular flexibility index (Phi) is 3.83. The first kappa shape index (κ1) is 12.9. The molecule has 0 amide bonds. The zero-order chi connectivity index (χ0) is 13.8. The zero-order valence-electron chi connectivity index (χ0n) is 11.7. The molecule has 3 rings (SSSR count). The molecule has 0 bridgehead atoms. The number of benzene rings is 1. The Balaban J connectivity index is 1.98. The molecule has 2 aliphatic rings. The topological polar surface area (TPSA) is 0 Å². The van der Waals surface area contributed by atoms with Gasteiger partial charge in [-0.15, -0.1) is 6.58 Å². The van der Waals surface area contributed by atoms with E-state index >= 15 is 0 Å². The minimum Gasteiger partial charge on any atom is -0.102 e. The lowest BCUT2D eigenvalue weighted by molar-refractivity contribution is 0.625. The molecule has 100 valence electrons. The molecule has 0 heteroatoms. The lowest BCUT2D eigenvalue weighted by atomic mass is 9.76. The largest absolute Gasteiger partial charge is 0.102 e. The Bertz CT molecular complexity index is 596. The molecule has 1 aromatic rings. The summed E-state index contributed by atoms with van der Waals surface area (Å²) in [5.74, 6) is 0.799. The van der Waals surface area contributed by atoms with Gasteiger partial charge >= 0.3 is 0 Å². The van der Waals surface area contributed by atoms with Gasteiger partial charge in [0.25, 0.3) is 0 Å². The summed E-state index contributed by atoms with van der Waals surface area (Å²) in [7, 11) is 0. The molecule has 0 nitrogen and oxygen atoms in total. The predicted octanol–water partition coefficient (Wildman–Crippen LogP) is 5.35. The summed E-state index contributed by atoms with van der Waals surface area (Å²) in [5, 5.41) is 0. The fraction of sp³-hybridized carbons (Fsp3) is 0.200. The van der Waals surface area contributed by atoms with Crippen molar-refractivity contribution in [1.82, 2.24) is 0 Å². The van der Waals surface area contributed by atoms with Gasteiger partial charge in [0, 0.05) is 11.8 Å². The minimum absolute atomic E-state index is 0.388. The second-order valence-electron chi connectivity index (χ2n) is 5.40. The molecule has 0 fully saturated rings. The van der Waals surface area contributed by atoms with E-state index in [1.807, 2.05) is 0 Å². The van der Waals surface area contributed by atoms with Crippen molar-refractivity contribution >= 4 is 0 Å². The molecule has 0 heterocycles. The van der Waals surface area contributed by atoms with Gasteiger partial charge in [-0.25, -0.2) is 0 Å². The number of hydrogen-bond acceptors (Lipinski definition) is 0. The fourth-order valence-corrected chi connectivity index (χ4v) is 3.22. The summed E-state index contributed by atoms with van der Waals surface area (Å²) >= 11 is 0. The highest BCUT2D eigenvalue weighted by atomic mass is 14.3. The maximum absolute atomic E-state index is 4.11. The van der Waals surface area contributed by atoms with E-state index in [1.54, 1.807) is 0 Å². The van der Waals surface area contributed by atoms with Gasteiger partial charge in [0.15, 0.2) is 0 Å². The van der Waals surface area contributed by atoms with Crippen LogP contribution < -0.4 is 0 Å². The maximum atomic E-state index is 4.11. The predicted molar refractivity (Wildman–Crippen MR) is 86.6 cm³/mol. The average Bonchev–Trinajstić information content (AvgIpc) is 3.18. The van der Waals surface area contributed by atoms with Gasteiger partial charge in [0.1, 0.15) is 0 Å². The SMILES string of the molecule is C=CC(C1=CC=CC1)C(C1=CC=CC1)c1ccccc1.